The van der Waals surface area contributed by atoms with Crippen LogP contribution in [0, 0.1) is 6.92 Å². The van der Waals surface area contributed by atoms with Gasteiger partial charge in [-0.25, -0.2) is 0 Å². The molecule has 0 radical (unpaired) electrons. The van der Waals surface area contributed by atoms with Gasteiger partial charge < -0.3 is 8.98 Å². The lowest BCUT2D eigenvalue weighted by Crippen LogP contribution is -1.93. The summed E-state index contributed by atoms with van der Waals surface area (Å²) in [6, 6.07) is 29.9. The zero-order valence-corrected chi connectivity index (χ0v) is 14.9. The number of para-hydroxylation sites is 2. The second-order valence-electron chi connectivity index (χ2n) is 7.13. The Balaban J connectivity index is 1.90. The molecule has 0 amide bonds. The van der Waals surface area contributed by atoms with Crippen LogP contribution in [-0.4, -0.2) is 4.57 Å². The molecule has 6 aromatic rings. The molecule has 4 aromatic carbocycles. The quantitative estimate of drug-likeness (QED) is 0.313. The first kappa shape index (κ1) is 14.6. The van der Waals surface area contributed by atoms with Crippen LogP contribution in [0.15, 0.2) is 89.3 Å². The van der Waals surface area contributed by atoms with Gasteiger partial charge in [0, 0.05) is 27.2 Å². The Morgan fingerprint density at radius 3 is 2.33 bits per heavy atom. The van der Waals surface area contributed by atoms with Gasteiger partial charge in [-0.3, -0.25) is 0 Å². The van der Waals surface area contributed by atoms with Gasteiger partial charge in [0.2, 0.25) is 0 Å². The van der Waals surface area contributed by atoms with Crippen molar-refractivity contribution in [3.05, 3.63) is 90.5 Å². The van der Waals surface area contributed by atoms with E-state index in [0.29, 0.717) is 0 Å². The van der Waals surface area contributed by atoms with Crippen molar-refractivity contribution in [2.24, 2.45) is 0 Å². The number of hydrogen-bond donors (Lipinski definition) is 0. The number of rotatable bonds is 1. The lowest BCUT2D eigenvalue weighted by molar-refractivity contribution is 0.671. The standard InChI is InChI=1S/C25H17NO/c1-16-11-14-23-21(15-16)20-13-12-19-18-9-5-6-10-22(18)26(24(19)25(20)27-23)17-7-3-2-4-8-17/h2-15H,1H3. The van der Waals surface area contributed by atoms with Crippen molar-refractivity contribution < 1.29 is 4.42 Å². The molecule has 0 fully saturated rings. The fourth-order valence-electron chi connectivity index (χ4n) is 4.24. The van der Waals surface area contributed by atoms with Gasteiger partial charge in [0.1, 0.15) is 5.58 Å². The van der Waals surface area contributed by atoms with Crippen LogP contribution in [0.25, 0.3) is 49.4 Å². The summed E-state index contributed by atoms with van der Waals surface area (Å²) >= 11 is 0. The van der Waals surface area contributed by atoms with Crippen molar-refractivity contribution >= 4 is 43.7 Å². The molecule has 0 spiro atoms. The third-order valence-corrected chi connectivity index (χ3v) is 5.44. The first-order chi connectivity index (χ1) is 13.3. The SMILES string of the molecule is Cc1ccc2oc3c(ccc4c5ccccc5n(-c5ccccc5)c43)c2c1. The van der Waals surface area contributed by atoms with Gasteiger partial charge in [0.25, 0.3) is 0 Å². The summed E-state index contributed by atoms with van der Waals surface area (Å²) in [5, 5.41) is 4.81. The topological polar surface area (TPSA) is 18.1 Å². The molecule has 6 rings (SSSR count). The van der Waals surface area contributed by atoms with Crippen LogP contribution in [0.1, 0.15) is 5.56 Å². The minimum Gasteiger partial charge on any atom is -0.454 e. The van der Waals surface area contributed by atoms with Crippen molar-refractivity contribution in [3.8, 4) is 5.69 Å². The number of aromatic nitrogens is 1. The average molecular weight is 347 g/mol. The minimum absolute atomic E-state index is 0.938. The highest BCUT2D eigenvalue weighted by molar-refractivity contribution is 6.21. The van der Waals surface area contributed by atoms with Gasteiger partial charge in [-0.1, -0.05) is 54.1 Å². The number of benzene rings is 4. The molecule has 27 heavy (non-hydrogen) atoms. The van der Waals surface area contributed by atoms with E-state index in [1.807, 2.05) is 0 Å². The van der Waals surface area contributed by atoms with E-state index in [0.717, 1.165) is 22.4 Å². The summed E-state index contributed by atoms with van der Waals surface area (Å²) in [5.41, 5.74) is 6.61. The Morgan fingerprint density at radius 2 is 1.44 bits per heavy atom. The predicted octanol–water partition coefficient (Wildman–Crippen LogP) is 6.99. The molecule has 2 heteroatoms. The largest absolute Gasteiger partial charge is 0.454 e. The smallest absolute Gasteiger partial charge is 0.160 e. The molecule has 0 atom stereocenters. The lowest BCUT2D eigenvalue weighted by atomic mass is 10.1. The van der Waals surface area contributed by atoms with Gasteiger partial charge in [0.05, 0.1) is 11.0 Å². The number of nitrogens with zero attached hydrogens (tertiary/aromatic N) is 1. The van der Waals surface area contributed by atoms with E-state index in [1.165, 1.54) is 32.6 Å². The van der Waals surface area contributed by atoms with Gasteiger partial charge in [0.15, 0.2) is 5.58 Å². The Labute approximate surface area is 156 Å². The van der Waals surface area contributed by atoms with E-state index in [1.54, 1.807) is 0 Å². The van der Waals surface area contributed by atoms with Gasteiger partial charge >= 0.3 is 0 Å². The van der Waals surface area contributed by atoms with E-state index in [4.69, 9.17) is 4.42 Å². The highest BCUT2D eigenvalue weighted by Gasteiger charge is 2.18. The Kier molecular flexibility index (Phi) is 2.84. The molecule has 0 unspecified atom stereocenters. The molecule has 128 valence electrons. The summed E-state index contributed by atoms with van der Waals surface area (Å²) in [7, 11) is 0. The summed E-state index contributed by atoms with van der Waals surface area (Å²) < 4.78 is 8.71. The van der Waals surface area contributed by atoms with Crippen LogP contribution >= 0.6 is 0 Å². The third-order valence-electron chi connectivity index (χ3n) is 5.44. The van der Waals surface area contributed by atoms with Crippen LogP contribution in [0.2, 0.25) is 0 Å². The van der Waals surface area contributed by atoms with E-state index in [9.17, 15) is 0 Å². The molecule has 0 aliphatic heterocycles. The molecule has 0 saturated carbocycles. The maximum absolute atomic E-state index is 6.39. The van der Waals surface area contributed by atoms with E-state index < -0.39 is 0 Å². The second-order valence-corrected chi connectivity index (χ2v) is 7.13. The molecule has 0 aliphatic carbocycles. The highest BCUT2D eigenvalue weighted by atomic mass is 16.3. The first-order valence-electron chi connectivity index (χ1n) is 9.22. The summed E-state index contributed by atoms with van der Waals surface area (Å²) in [5.74, 6) is 0. The Morgan fingerprint density at radius 1 is 0.667 bits per heavy atom. The molecule has 0 aliphatic rings. The Hall–Kier alpha value is -3.52. The first-order valence-corrected chi connectivity index (χ1v) is 9.22. The van der Waals surface area contributed by atoms with Crippen molar-refractivity contribution in [2.75, 3.05) is 0 Å². The number of fused-ring (bicyclic) bond motifs is 7. The molecule has 0 bridgehead atoms. The second kappa shape index (κ2) is 5.24. The zero-order valence-electron chi connectivity index (χ0n) is 14.9. The molecule has 0 saturated heterocycles. The van der Waals surface area contributed by atoms with Crippen molar-refractivity contribution in [1.29, 1.82) is 0 Å². The van der Waals surface area contributed by atoms with Crippen molar-refractivity contribution in [2.45, 2.75) is 6.92 Å². The molecule has 2 nitrogen and oxygen atoms in total. The number of aryl methyl sites for hydroxylation is 1. The highest BCUT2D eigenvalue weighted by Crippen LogP contribution is 2.40. The number of hydrogen-bond acceptors (Lipinski definition) is 1. The predicted molar refractivity (Wildman–Crippen MR) is 113 cm³/mol. The Bertz CT molecular complexity index is 1470. The van der Waals surface area contributed by atoms with Crippen LogP contribution in [0.4, 0.5) is 0 Å². The van der Waals surface area contributed by atoms with Gasteiger partial charge in [-0.2, -0.15) is 0 Å². The number of furan rings is 1. The molecular formula is C25H17NO. The van der Waals surface area contributed by atoms with Crippen LogP contribution in [0.3, 0.4) is 0 Å². The van der Waals surface area contributed by atoms with Crippen LogP contribution in [0.5, 0.6) is 0 Å². The van der Waals surface area contributed by atoms with E-state index in [-0.39, 0.29) is 0 Å². The summed E-state index contributed by atoms with van der Waals surface area (Å²) in [4.78, 5) is 0. The van der Waals surface area contributed by atoms with Crippen LogP contribution < -0.4 is 0 Å². The monoisotopic (exact) mass is 347 g/mol. The fraction of sp³-hybridized carbons (Fsp3) is 0.0400. The van der Waals surface area contributed by atoms with Gasteiger partial charge in [-0.05, 0) is 43.3 Å². The minimum atomic E-state index is 0.938. The van der Waals surface area contributed by atoms with Crippen molar-refractivity contribution in [3.63, 3.8) is 0 Å². The van der Waals surface area contributed by atoms with E-state index >= 15 is 0 Å². The zero-order chi connectivity index (χ0) is 18.0. The summed E-state index contributed by atoms with van der Waals surface area (Å²) in [6.07, 6.45) is 0. The molecular weight excluding hydrogens is 330 g/mol. The molecule has 0 N–H and O–H groups in total. The maximum atomic E-state index is 6.39. The van der Waals surface area contributed by atoms with E-state index in [2.05, 4.69) is 96.4 Å². The third kappa shape index (κ3) is 1.95. The van der Waals surface area contributed by atoms with Crippen LogP contribution in [-0.2, 0) is 0 Å². The van der Waals surface area contributed by atoms with Crippen molar-refractivity contribution in [1.82, 2.24) is 4.57 Å². The maximum Gasteiger partial charge on any atom is 0.160 e. The fourth-order valence-corrected chi connectivity index (χ4v) is 4.24. The molecule has 2 aromatic heterocycles. The lowest BCUT2D eigenvalue weighted by Gasteiger charge is -2.07. The normalized spacial score (nSPS) is 11.9. The average Bonchev–Trinajstić information content (AvgIpc) is 3.24. The summed E-state index contributed by atoms with van der Waals surface area (Å²) in [6.45, 7) is 2.12. The molecule has 2 heterocycles. The van der Waals surface area contributed by atoms with Gasteiger partial charge in [-0.15, -0.1) is 0 Å².